The molecule has 0 N–H and O–H groups in total. The molecule has 0 aliphatic heterocycles. The number of hydrogen-bond donors (Lipinski definition) is 0. The highest BCUT2D eigenvalue weighted by atomic mass is 15.1. The Morgan fingerprint density at radius 2 is 0.778 bits per heavy atom. The summed E-state index contributed by atoms with van der Waals surface area (Å²) in [6.07, 6.45) is 20.7. The first kappa shape index (κ1) is 37.3. The Morgan fingerprint density at radius 3 is 1.35 bits per heavy atom. The smallest absolute Gasteiger partial charge is 0.0544 e. The van der Waals surface area contributed by atoms with Gasteiger partial charge in [0.15, 0.2) is 0 Å². The number of anilines is 3. The van der Waals surface area contributed by atoms with Crippen molar-refractivity contribution in [3.05, 3.63) is 282 Å². The van der Waals surface area contributed by atoms with Crippen LogP contribution in [0, 0.1) is 11.8 Å². The van der Waals surface area contributed by atoms with Gasteiger partial charge in [0.1, 0.15) is 0 Å². The van der Waals surface area contributed by atoms with Crippen molar-refractivity contribution in [2.75, 3.05) is 4.90 Å². The zero-order valence-electron chi connectivity index (χ0n) is 35.2. The van der Waals surface area contributed by atoms with Crippen LogP contribution in [0.15, 0.2) is 249 Å². The molecule has 63 heavy (non-hydrogen) atoms. The molecule has 4 atom stereocenters. The zero-order valence-corrected chi connectivity index (χ0v) is 35.2. The molecule has 0 heterocycles. The first-order valence-corrected chi connectivity index (χ1v) is 22.5. The molecule has 0 fully saturated rings. The van der Waals surface area contributed by atoms with E-state index in [1.165, 1.54) is 72.4 Å². The second-order valence-electron chi connectivity index (χ2n) is 17.4. The van der Waals surface area contributed by atoms with E-state index in [4.69, 9.17) is 0 Å². The molecule has 12 rings (SSSR count). The van der Waals surface area contributed by atoms with Crippen molar-refractivity contribution in [3.63, 3.8) is 0 Å². The lowest BCUT2D eigenvalue weighted by Gasteiger charge is -2.54. The molecule has 8 aromatic rings. The molecule has 0 saturated heterocycles. The maximum Gasteiger partial charge on any atom is 0.0544 e. The van der Waals surface area contributed by atoms with E-state index in [1.54, 1.807) is 0 Å². The molecule has 0 radical (unpaired) electrons. The van der Waals surface area contributed by atoms with Gasteiger partial charge in [-0.1, -0.05) is 218 Å². The van der Waals surface area contributed by atoms with E-state index in [-0.39, 0.29) is 17.3 Å². The lowest BCUT2D eigenvalue weighted by atomic mass is 9.48. The number of nitrogens with zero attached hydrogens (tertiary/aromatic N) is 1. The van der Waals surface area contributed by atoms with Crippen LogP contribution in [0.25, 0.3) is 33.4 Å². The van der Waals surface area contributed by atoms with E-state index in [0.717, 1.165) is 24.2 Å². The zero-order chi connectivity index (χ0) is 41.8. The van der Waals surface area contributed by atoms with Gasteiger partial charge in [-0.15, -0.1) is 0 Å². The molecule has 0 saturated carbocycles. The second-order valence-corrected chi connectivity index (χ2v) is 17.4. The van der Waals surface area contributed by atoms with E-state index >= 15 is 0 Å². The summed E-state index contributed by atoms with van der Waals surface area (Å²) in [7, 11) is 0. The van der Waals surface area contributed by atoms with E-state index in [2.05, 4.69) is 254 Å². The third-order valence-electron chi connectivity index (χ3n) is 14.4. The predicted molar refractivity (Wildman–Crippen MR) is 263 cm³/mol. The molecule has 4 aliphatic rings. The fourth-order valence-electron chi connectivity index (χ4n) is 11.9. The molecule has 8 aromatic carbocycles. The number of rotatable bonds is 8. The summed E-state index contributed by atoms with van der Waals surface area (Å²) in [4.78, 5) is 2.51. The monoisotopic (exact) mass is 805 g/mol. The van der Waals surface area contributed by atoms with Crippen LogP contribution in [-0.4, -0.2) is 0 Å². The normalized spacial score (nSPS) is 21.1. The third-order valence-corrected chi connectivity index (χ3v) is 14.4. The maximum atomic E-state index is 2.51. The summed E-state index contributed by atoms with van der Waals surface area (Å²) >= 11 is 0. The third kappa shape index (κ3) is 5.62. The Morgan fingerprint density at radius 1 is 0.333 bits per heavy atom. The van der Waals surface area contributed by atoms with Crippen LogP contribution in [0.4, 0.5) is 17.1 Å². The van der Waals surface area contributed by atoms with Crippen LogP contribution in [0.1, 0.15) is 46.2 Å². The lowest BCUT2D eigenvalue weighted by Crippen LogP contribution is -2.49. The number of fused-ring (bicyclic) bond motifs is 5. The summed E-state index contributed by atoms with van der Waals surface area (Å²) < 4.78 is 0. The minimum absolute atomic E-state index is 0.141. The standard InChI is InChI=1S/C62H47N/c1-5-20-44(21-6-1)46-36-40-50(41-37-46)63(51-42-38-47(39-43-51)45-22-7-2-8-23-45)59-35-18-17-33-57(59)61(48-24-9-3-10-25-48)55-31-15-16-32-56(55)62(49-26-11-4-12-27-49)54-30-14-13-28-52(54)53-29-19-34-58(61)60(53)62/h1-24,26,28-43,48-49H,25,27H2. The van der Waals surface area contributed by atoms with Gasteiger partial charge in [-0.2, -0.15) is 0 Å². The van der Waals surface area contributed by atoms with Gasteiger partial charge in [-0.05, 0) is 122 Å². The Bertz CT molecular complexity index is 3030. The van der Waals surface area contributed by atoms with Crippen LogP contribution in [0.5, 0.6) is 0 Å². The largest absolute Gasteiger partial charge is 0.310 e. The van der Waals surface area contributed by atoms with Gasteiger partial charge >= 0.3 is 0 Å². The van der Waals surface area contributed by atoms with Gasteiger partial charge in [-0.3, -0.25) is 0 Å². The van der Waals surface area contributed by atoms with Gasteiger partial charge in [0.25, 0.3) is 0 Å². The summed E-state index contributed by atoms with van der Waals surface area (Å²) in [5.41, 5.74) is 18.5. The van der Waals surface area contributed by atoms with Gasteiger partial charge in [-0.25, -0.2) is 0 Å². The minimum atomic E-state index is -0.550. The van der Waals surface area contributed by atoms with E-state index in [0.29, 0.717) is 0 Å². The number of allylic oxidation sites excluding steroid dienone is 8. The topological polar surface area (TPSA) is 3.24 Å². The molecular weight excluding hydrogens is 759 g/mol. The quantitative estimate of drug-likeness (QED) is 0.148. The molecule has 0 aromatic heterocycles. The van der Waals surface area contributed by atoms with Crippen molar-refractivity contribution in [1.82, 2.24) is 0 Å². The Kier molecular flexibility index (Phi) is 8.97. The van der Waals surface area contributed by atoms with E-state index in [1.807, 2.05) is 0 Å². The predicted octanol–water partition coefficient (Wildman–Crippen LogP) is 15.7. The van der Waals surface area contributed by atoms with E-state index in [9.17, 15) is 0 Å². The van der Waals surface area contributed by atoms with Crippen LogP contribution in [-0.2, 0) is 10.8 Å². The van der Waals surface area contributed by atoms with Crippen molar-refractivity contribution < 1.29 is 0 Å². The minimum Gasteiger partial charge on any atom is -0.310 e. The number of para-hydroxylation sites is 1. The Hall–Kier alpha value is -7.48. The van der Waals surface area contributed by atoms with Crippen LogP contribution in [0.2, 0.25) is 0 Å². The van der Waals surface area contributed by atoms with Crippen LogP contribution < -0.4 is 4.90 Å². The molecule has 300 valence electrons. The number of hydrogen-bond acceptors (Lipinski definition) is 1. The van der Waals surface area contributed by atoms with Gasteiger partial charge in [0.2, 0.25) is 0 Å². The highest BCUT2D eigenvalue weighted by Crippen LogP contribution is 2.68. The highest BCUT2D eigenvalue weighted by Gasteiger charge is 2.60. The SMILES string of the molecule is C1=CCC(C2(c3ccccc3N(c3ccc(-c4ccccc4)cc3)c3ccc(-c4ccccc4)cc3)c3ccccc3C3(C4C=CC=CC4)c4ccccc4-c4cccc2c43)C=C1. The fourth-order valence-corrected chi connectivity index (χ4v) is 11.9. The number of benzene rings is 8. The van der Waals surface area contributed by atoms with E-state index < -0.39 is 5.41 Å². The maximum absolute atomic E-state index is 2.51. The molecule has 4 unspecified atom stereocenters. The van der Waals surface area contributed by atoms with Crippen molar-refractivity contribution in [2.24, 2.45) is 11.8 Å². The molecule has 4 aliphatic carbocycles. The Labute approximate surface area is 371 Å². The summed E-state index contributed by atoms with van der Waals surface area (Å²) in [5.74, 6) is 0.396. The van der Waals surface area contributed by atoms with Gasteiger partial charge < -0.3 is 4.90 Å². The van der Waals surface area contributed by atoms with Gasteiger partial charge in [0.05, 0.1) is 16.5 Å². The molecule has 0 amide bonds. The molecule has 0 bridgehead atoms. The van der Waals surface area contributed by atoms with Crippen molar-refractivity contribution in [1.29, 1.82) is 0 Å². The average Bonchev–Trinajstić information content (AvgIpc) is 3.68. The summed E-state index contributed by atoms with van der Waals surface area (Å²) in [5, 5.41) is 0. The molecule has 1 heteroatoms. The van der Waals surface area contributed by atoms with Crippen LogP contribution >= 0.6 is 0 Å². The molecule has 0 spiro atoms. The molecule has 1 nitrogen and oxygen atoms in total. The van der Waals surface area contributed by atoms with Crippen molar-refractivity contribution in [2.45, 2.75) is 23.7 Å². The molecular formula is C62H47N. The van der Waals surface area contributed by atoms with Crippen molar-refractivity contribution >= 4 is 17.1 Å². The average molecular weight is 806 g/mol. The fraction of sp³-hybridized carbons (Fsp3) is 0.0968. The summed E-state index contributed by atoms with van der Waals surface area (Å²) in [6, 6.07) is 75.1. The lowest BCUT2D eigenvalue weighted by molar-refractivity contribution is 0.379. The first-order chi connectivity index (χ1) is 31.3. The second kappa shape index (κ2) is 15.2. The first-order valence-electron chi connectivity index (χ1n) is 22.5. The van der Waals surface area contributed by atoms with Crippen molar-refractivity contribution in [3.8, 4) is 33.4 Å². The summed E-state index contributed by atoms with van der Waals surface area (Å²) in [6.45, 7) is 0. The van der Waals surface area contributed by atoms with Gasteiger partial charge in [0, 0.05) is 11.4 Å². The Balaban J connectivity index is 1.15. The van der Waals surface area contributed by atoms with Crippen LogP contribution in [0.3, 0.4) is 0 Å². The highest BCUT2D eigenvalue weighted by molar-refractivity contribution is 5.91.